The van der Waals surface area contributed by atoms with Crippen LogP contribution in [0.4, 0.5) is 20.2 Å². The highest BCUT2D eigenvalue weighted by molar-refractivity contribution is 6.14. The Morgan fingerprint density at radius 1 is 1.04 bits per heavy atom. The van der Waals surface area contributed by atoms with Crippen LogP contribution in [0.15, 0.2) is 46.9 Å². The molecule has 0 unspecified atom stereocenters. The Labute approximate surface area is 141 Å². The Balaban J connectivity index is 1.98. The summed E-state index contributed by atoms with van der Waals surface area (Å²) in [5.74, 6) is -3.19. The van der Waals surface area contributed by atoms with Crippen molar-refractivity contribution in [2.24, 2.45) is 0 Å². The van der Waals surface area contributed by atoms with Crippen LogP contribution in [0.25, 0.3) is 11.0 Å². The Morgan fingerprint density at radius 2 is 1.80 bits per heavy atom. The summed E-state index contributed by atoms with van der Waals surface area (Å²) in [5.41, 5.74) is 0.726. The molecule has 0 saturated heterocycles. The van der Waals surface area contributed by atoms with E-state index in [9.17, 15) is 18.4 Å². The Bertz CT molecular complexity index is 966. The largest absolute Gasteiger partial charge is 0.449 e. The molecular formula is C18H14F2N2O3. The number of amides is 2. The number of hydrogen-bond donors (Lipinski definition) is 2. The Kier molecular flexibility index (Phi) is 4.47. The van der Waals surface area contributed by atoms with Gasteiger partial charge in [-0.3, -0.25) is 9.59 Å². The summed E-state index contributed by atoms with van der Waals surface area (Å²) >= 11 is 0. The molecule has 2 N–H and O–H groups in total. The lowest BCUT2D eigenvalue weighted by atomic mass is 10.2. The maximum Gasteiger partial charge on any atom is 0.293 e. The van der Waals surface area contributed by atoms with Gasteiger partial charge in [-0.15, -0.1) is 0 Å². The molecule has 0 aliphatic carbocycles. The topological polar surface area (TPSA) is 71.3 Å². The first kappa shape index (κ1) is 16.6. The predicted octanol–water partition coefficient (Wildman–Crippen LogP) is 4.31. The molecule has 5 nitrogen and oxygen atoms in total. The Morgan fingerprint density at radius 3 is 2.52 bits per heavy atom. The molecule has 1 aromatic heterocycles. The average molecular weight is 344 g/mol. The first-order valence-electron chi connectivity index (χ1n) is 7.57. The number of nitrogens with one attached hydrogen (secondary N) is 2. The number of fused-ring (bicyclic) bond motifs is 1. The van der Waals surface area contributed by atoms with Crippen LogP contribution in [0.1, 0.15) is 23.9 Å². The van der Waals surface area contributed by atoms with Gasteiger partial charge in [0.1, 0.15) is 11.3 Å². The first-order valence-corrected chi connectivity index (χ1v) is 7.57. The van der Waals surface area contributed by atoms with Crippen molar-refractivity contribution in [3.8, 4) is 0 Å². The third-order valence-electron chi connectivity index (χ3n) is 3.56. The SMILES string of the molecule is CCC(=O)Nc1c(C(=O)Nc2ccc(F)c(F)c2)oc2ccccc12. The number of carbonyl (C=O) groups is 2. The molecule has 1 heterocycles. The number of furan rings is 1. The lowest BCUT2D eigenvalue weighted by Crippen LogP contribution is -2.16. The average Bonchev–Trinajstić information content (AvgIpc) is 2.97. The van der Waals surface area contributed by atoms with Gasteiger partial charge >= 0.3 is 0 Å². The molecule has 128 valence electrons. The fraction of sp³-hybridized carbons (Fsp3) is 0.111. The van der Waals surface area contributed by atoms with E-state index in [-0.39, 0.29) is 29.5 Å². The zero-order chi connectivity index (χ0) is 18.0. The normalized spacial score (nSPS) is 10.7. The van der Waals surface area contributed by atoms with Gasteiger partial charge in [-0.1, -0.05) is 19.1 Å². The van der Waals surface area contributed by atoms with Crippen LogP contribution in [0.3, 0.4) is 0 Å². The third-order valence-corrected chi connectivity index (χ3v) is 3.56. The molecule has 25 heavy (non-hydrogen) atoms. The second-order valence-corrected chi connectivity index (χ2v) is 5.29. The number of rotatable bonds is 4. The first-order chi connectivity index (χ1) is 12.0. The minimum Gasteiger partial charge on any atom is -0.449 e. The zero-order valence-corrected chi connectivity index (χ0v) is 13.2. The van der Waals surface area contributed by atoms with Crippen molar-refractivity contribution >= 4 is 34.2 Å². The molecule has 0 fully saturated rings. The maximum atomic E-state index is 13.3. The standard InChI is InChI=1S/C18H14F2N2O3/c1-2-15(23)22-16-11-5-3-4-6-14(11)25-17(16)18(24)21-10-7-8-12(19)13(20)9-10/h3-9H,2H2,1H3,(H,21,24)(H,22,23). The number of hydrogen-bond acceptors (Lipinski definition) is 3. The van der Waals surface area contributed by atoms with Crippen molar-refractivity contribution in [1.82, 2.24) is 0 Å². The summed E-state index contributed by atoms with van der Waals surface area (Å²) in [4.78, 5) is 24.3. The van der Waals surface area contributed by atoms with Crippen LogP contribution >= 0.6 is 0 Å². The van der Waals surface area contributed by atoms with Gasteiger partial charge in [0.2, 0.25) is 11.7 Å². The number of anilines is 2. The Hall–Kier alpha value is -3.22. The second-order valence-electron chi connectivity index (χ2n) is 5.29. The summed E-state index contributed by atoms with van der Waals surface area (Å²) in [5, 5.41) is 5.64. The molecule has 2 amide bonds. The quantitative estimate of drug-likeness (QED) is 0.741. The van der Waals surface area contributed by atoms with Gasteiger partial charge in [-0.25, -0.2) is 8.78 Å². The fourth-order valence-electron chi connectivity index (χ4n) is 2.32. The maximum absolute atomic E-state index is 13.3. The highest BCUT2D eigenvalue weighted by atomic mass is 19.2. The van der Waals surface area contributed by atoms with E-state index in [1.807, 2.05) is 0 Å². The molecule has 0 spiro atoms. The summed E-state index contributed by atoms with van der Waals surface area (Å²) in [7, 11) is 0. The summed E-state index contributed by atoms with van der Waals surface area (Å²) in [6.45, 7) is 1.68. The van der Waals surface area contributed by atoms with Crippen LogP contribution in [0, 0.1) is 11.6 Å². The zero-order valence-electron chi connectivity index (χ0n) is 13.2. The van der Waals surface area contributed by atoms with Gasteiger partial charge in [-0.2, -0.15) is 0 Å². The second kappa shape index (κ2) is 6.72. The van der Waals surface area contributed by atoms with Crippen molar-refractivity contribution in [2.75, 3.05) is 10.6 Å². The summed E-state index contributed by atoms with van der Waals surface area (Å²) < 4.78 is 31.8. The van der Waals surface area contributed by atoms with Gasteiger partial charge in [0.05, 0.1) is 0 Å². The van der Waals surface area contributed by atoms with Crippen LogP contribution in [-0.2, 0) is 4.79 Å². The minimum atomic E-state index is -1.08. The molecule has 2 aromatic carbocycles. The van der Waals surface area contributed by atoms with Crippen molar-refractivity contribution in [3.05, 3.63) is 59.9 Å². The lowest BCUT2D eigenvalue weighted by Gasteiger charge is -2.07. The lowest BCUT2D eigenvalue weighted by molar-refractivity contribution is -0.115. The van der Waals surface area contributed by atoms with Crippen molar-refractivity contribution in [3.63, 3.8) is 0 Å². The van der Waals surface area contributed by atoms with E-state index < -0.39 is 17.5 Å². The summed E-state index contributed by atoms with van der Waals surface area (Å²) in [6.07, 6.45) is 0.226. The third kappa shape index (κ3) is 3.35. The van der Waals surface area contributed by atoms with Crippen LogP contribution in [0.5, 0.6) is 0 Å². The van der Waals surface area contributed by atoms with E-state index in [1.165, 1.54) is 6.07 Å². The van der Waals surface area contributed by atoms with Gasteiger partial charge < -0.3 is 15.1 Å². The van der Waals surface area contributed by atoms with Gasteiger partial charge in [0, 0.05) is 23.6 Å². The van der Waals surface area contributed by atoms with E-state index in [2.05, 4.69) is 10.6 Å². The molecule has 0 radical (unpaired) electrons. The molecule has 0 aliphatic rings. The van der Waals surface area contributed by atoms with E-state index in [0.29, 0.717) is 11.0 Å². The molecule has 0 saturated carbocycles. The molecule has 3 rings (SSSR count). The molecule has 7 heteroatoms. The van der Waals surface area contributed by atoms with Gasteiger partial charge in [0.15, 0.2) is 11.6 Å². The molecule has 0 atom stereocenters. The highest BCUT2D eigenvalue weighted by Gasteiger charge is 2.22. The molecule has 0 aliphatic heterocycles. The number of para-hydroxylation sites is 1. The number of benzene rings is 2. The summed E-state index contributed by atoms with van der Waals surface area (Å²) in [6, 6.07) is 9.83. The highest BCUT2D eigenvalue weighted by Crippen LogP contribution is 2.31. The van der Waals surface area contributed by atoms with Crippen LogP contribution < -0.4 is 10.6 Å². The minimum absolute atomic E-state index is 0.0668. The van der Waals surface area contributed by atoms with E-state index >= 15 is 0 Å². The van der Waals surface area contributed by atoms with Crippen molar-refractivity contribution in [1.29, 1.82) is 0 Å². The smallest absolute Gasteiger partial charge is 0.293 e. The molecular weight excluding hydrogens is 330 g/mol. The predicted molar refractivity (Wildman–Crippen MR) is 89.4 cm³/mol. The van der Waals surface area contributed by atoms with E-state index in [1.54, 1.807) is 31.2 Å². The van der Waals surface area contributed by atoms with Crippen LogP contribution in [0.2, 0.25) is 0 Å². The van der Waals surface area contributed by atoms with Gasteiger partial charge in [0.25, 0.3) is 5.91 Å². The van der Waals surface area contributed by atoms with Gasteiger partial charge in [-0.05, 0) is 24.3 Å². The number of carbonyl (C=O) groups excluding carboxylic acids is 2. The van der Waals surface area contributed by atoms with Crippen molar-refractivity contribution in [2.45, 2.75) is 13.3 Å². The van der Waals surface area contributed by atoms with E-state index in [0.717, 1.165) is 12.1 Å². The monoisotopic (exact) mass is 344 g/mol. The fourth-order valence-corrected chi connectivity index (χ4v) is 2.32. The van der Waals surface area contributed by atoms with Crippen LogP contribution in [-0.4, -0.2) is 11.8 Å². The number of halogens is 2. The van der Waals surface area contributed by atoms with E-state index in [4.69, 9.17) is 4.42 Å². The molecule has 0 bridgehead atoms. The molecule has 3 aromatic rings. The van der Waals surface area contributed by atoms with Crippen molar-refractivity contribution < 1.29 is 22.8 Å².